The topological polar surface area (TPSA) is 94.6 Å². The third-order valence-electron chi connectivity index (χ3n) is 7.22. The number of nitrogens with zero attached hydrogens (tertiary/aromatic N) is 7. The number of benzene rings is 1. The van der Waals surface area contributed by atoms with Crippen LogP contribution in [0, 0.1) is 12.3 Å². The van der Waals surface area contributed by atoms with Crippen LogP contribution in [0.4, 0.5) is 19.1 Å². The van der Waals surface area contributed by atoms with Crippen LogP contribution in [0.1, 0.15) is 6.42 Å². The van der Waals surface area contributed by atoms with Crippen LogP contribution in [-0.2, 0) is 11.3 Å². The number of ether oxygens (including phenoxy) is 2. The van der Waals surface area contributed by atoms with Crippen LogP contribution in [0.2, 0.25) is 0 Å². The molecule has 3 aromatic heterocycles. The lowest BCUT2D eigenvalue weighted by Gasteiger charge is -2.49. The summed E-state index contributed by atoms with van der Waals surface area (Å²) in [6, 6.07) is 6.62. The van der Waals surface area contributed by atoms with Gasteiger partial charge in [0.1, 0.15) is 29.3 Å². The van der Waals surface area contributed by atoms with Gasteiger partial charge in [0.2, 0.25) is 11.8 Å². The van der Waals surface area contributed by atoms with Gasteiger partial charge < -0.3 is 14.8 Å². The first-order chi connectivity index (χ1) is 18.4. The van der Waals surface area contributed by atoms with E-state index in [-0.39, 0.29) is 18.4 Å². The highest BCUT2D eigenvalue weighted by Gasteiger charge is 2.46. The molecule has 10 nitrogen and oxygen atoms in total. The van der Waals surface area contributed by atoms with E-state index in [2.05, 4.69) is 31.6 Å². The van der Waals surface area contributed by atoms with Crippen LogP contribution in [-0.4, -0.2) is 92.1 Å². The SMILES string of the molecule is C#CC1(N2CC[C@H](Nc3nc(OC)c4c(-c5ccc6nnn(CC(F)F)c6c5)ccn4n3)[C@H](F)C2)COC1. The Morgan fingerprint density at radius 1 is 1.32 bits per heavy atom. The van der Waals surface area contributed by atoms with Crippen molar-refractivity contribution < 1.29 is 22.6 Å². The maximum atomic E-state index is 15.2. The predicted molar refractivity (Wildman–Crippen MR) is 133 cm³/mol. The van der Waals surface area contributed by atoms with Crippen LogP contribution in [0.15, 0.2) is 30.5 Å². The summed E-state index contributed by atoms with van der Waals surface area (Å²) in [7, 11) is 1.49. The molecule has 0 spiro atoms. The van der Waals surface area contributed by atoms with Gasteiger partial charge >= 0.3 is 0 Å². The molecule has 1 aromatic carbocycles. The first-order valence-corrected chi connectivity index (χ1v) is 12.2. The molecule has 2 aliphatic heterocycles. The van der Waals surface area contributed by atoms with Gasteiger partial charge in [-0.25, -0.2) is 22.4 Å². The number of anilines is 1. The fourth-order valence-electron chi connectivity index (χ4n) is 5.10. The summed E-state index contributed by atoms with van der Waals surface area (Å²) in [5.41, 5.74) is 2.53. The van der Waals surface area contributed by atoms with Crippen molar-refractivity contribution in [2.45, 2.75) is 37.1 Å². The van der Waals surface area contributed by atoms with Crippen LogP contribution in [0.5, 0.6) is 5.88 Å². The van der Waals surface area contributed by atoms with Crippen molar-refractivity contribution in [3.8, 4) is 29.4 Å². The van der Waals surface area contributed by atoms with E-state index < -0.39 is 30.7 Å². The van der Waals surface area contributed by atoms with Crippen molar-refractivity contribution in [2.75, 3.05) is 38.7 Å². The zero-order valence-electron chi connectivity index (χ0n) is 20.5. The Morgan fingerprint density at radius 3 is 2.84 bits per heavy atom. The summed E-state index contributed by atoms with van der Waals surface area (Å²) in [5.74, 6) is 3.28. The van der Waals surface area contributed by atoms with Gasteiger partial charge in [-0.3, -0.25) is 4.90 Å². The normalized spacial score (nSPS) is 21.5. The van der Waals surface area contributed by atoms with Crippen molar-refractivity contribution in [1.29, 1.82) is 0 Å². The van der Waals surface area contributed by atoms with Gasteiger partial charge in [-0.15, -0.1) is 16.6 Å². The molecule has 5 heterocycles. The fraction of sp³-hybridized carbons (Fsp3) is 0.440. The Balaban J connectivity index is 1.27. The zero-order chi connectivity index (χ0) is 26.4. The minimum absolute atomic E-state index is 0.192. The van der Waals surface area contributed by atoms with Gasteiger partial charge in [0, 0.05) is 24.8 Å². The summed E-state index contributed by atoms with van der Waals surface area (Å²) >= 11 is 0. The number of terminal acetylenes is 1. The minimum Gasteiger partial charge on any atom is -0.479 e. The molecule has 2 aliphatic rings. The first kappa shape index (κ1) is 24.4. The summed E-state index contributed by atoms with van der Waals surface area (Å²) in [6.45, 7) is 1.10. The second kappa shape index (κ2) is 9.45. The molecule has 0 amide bonds. The molecule has 0 bridgehead atoms. The molecule has 198 valence electrons. The Hall–Kier alpha value is -3.89. The lowest BCUT2D eigenvalue weighted by molar-refractivity contribution is -0.120. The van der Waals surface area contributed by atoms with E-state index in [4.69, 9.17) is 15.9 Å². The van der Waals surface area contributed by atoms with E-state index in [1.54, 1.807) is 22.8 Å². The van der Waals surface area contributed by atoms with E-state index in [0.717, 1.165) is 11.1 Å². The van der Waals surface area contributed by atoms with Gasteiger partial charge in [0.15, 0.2) is 0 Å². The standard InChI is InChI=1S/C25H25F3N8O2/c1-3-25(13-38-14-25)34-8-7-18(17(26)11-34)29-24-30-23(37-2)22-16(6-9-35(22)32-24)15-4-5-19-20(10-15)36(33-31-19)12-21(27)28/h1,4-6,9-10,17-18,21H,7-8,11-14H2,2H3,(H,29,32)/t17-,18+/m1/s1. The molecule has 2 fully saturated rings. The van der Waals surface area contributed by atoms with Crippen molar-refractivity contribution in [2.24, 2.45) is 0 Å². The number of nitrogens with one attached hydrogen (secondary N) is 1. The lowest BCUT2D eigenvalue weighted by Crippen LogP contribution is -2.65. The highest BCUT2D eigenvalue weighted by molar-refractivity contribution is 5.89. The molecular weight excluding hydrogens is 501 g/mol. The van der Waals surface area contributed by atoms with E-state index in [9.17, 15) is 8.78 Å². The molecule has 0 unspecified atom stereocenters. The molecule has 13 heteroatoms. The quantitative estimate of drug-likeness (QED) is 0.368. The fourth-order valence-corrected chi connectivity index (χ4v) is 5.10. The number of aromatic nitrogens is 6. The minimum atomic E-state index is -2.56. The number of halogens is 3. The molecule has 0 aliphatic carbocycles. The van der Waals surface area contributed by atoms with Crippen molar-refractivity contribution in [1.82, 2.24) is 34.5 Å². The number of rotatable bonds is 7. The Kier molecular flexibility index (Phi) is 6.08. The Labute approximate surface area is 215 Å². The van der Waals surface area contributed by atoms with Crippen LogP contribution >= 0.6 is 0 Å². The van der Waals surface area contributed by atoms with Crippen molar-refractivity contribution in [3.63, 3.8) is 0 Å². The molecule has 6 rings (SSSR count). The van der Waals surface area contributed by atoms with Crippen molar-refractivity contribution in [3.05, 3.63) is 30.5 Å². The van der Waals surface area contributed by atoms with E-state index in [1.807, 2.05) is 17.0 Å². The second-order valence-corrected chi connectivity index (χ2v) is 9.50. The third kappa shape index (κ3) is 4.10. The molecule has 0 saturated carbocycles. The zero-order valence-corrected chi connectivity index (χ0v) is 20.5. The average Bonchev–Trinajstić information content (AvgIpc) is 3.48. The number of likely N-dealkylation sites (tertiary alicyclic amines) is 1. The highest BCUT2D eigenvalue weighted by atomic mass is 19.3. The van der Waals surface area contributed by atoms with E-state index >= 15 is 4.39 Å². The first-order valence-electron chi connectivity index (χ1n) is 12.2. The molecule has 38 heavy (non-hydrogen) atoms. The molecular formula is C25H25F3N8O2. The maximum absolute atomic E-state index is 15.2. The third-order valence-corrected chi connectivity index (χ3v) is 7.22. The summed E-state index contributed by atoms with van der Waals surface area (Å²) in [4.78, 5) is 6.47. The predicted octanol–water partition coefficient (Wildman–Crippen LogP) is 2.64. The van der Waals surface area contributed by atoms with E-state index in [1.165, 1.54) is 11.8 Å². The largest absolute Gasteiger partial charge is 0.479 e. The molecule has 2 saturated heterocycles. The molecule has 4 aromatic rings. The monoisotopic (exact) mass is 526 g/mol. The number of piperidine rings is 1. The van der Waals surface area contributed by atoms with Crippen LogP contribution in [0.25, 0.3) is 27.7 Å². The van der Waals surface area contributed by atoms with Gasteiger partial charge in [-0.2, -0.15) is 4.98 Å². The number of fused-ring (bicyclic) bond motifs is 2. The van der Waals surface area contributed by atoms with Gasteiger partial charge in [0.05, 0.1) is 31.9 Å². The molecule has 2 atom stereocenters. The Morgan fingerprint density at radius 2 is 2.16 bits per heavy atom. The second-order valence-electron chi connectivity index (χ2n) is 9.50. The number of alkyl halides is 3. The molecule has 1 N–H and O–H groups in total. The van der Waals surface area contributed by atoms with Gasteiger partial charge in [-0.1, -0.05) is 17.2 Å². The summed E-state index contributed by atoms with van der Waals surface area (Å²) in [5, 5.41) is 15.4. The molecule has 0 radical (unpaired) electrons. The maximum Gasteiger partial charge on any atom is 0.258 e. The number of hydrogen-bond donors (Lipinski definition) is 1. The summed E-state index contributed by atoms with van der Waals surface area (Å²) in [6.07, 6.45) is 4.22. The van der Waals surface area contributed by atoms with Crippen molar-refractivity contribution >= 4 is 22.5 Å². The summed E-state index contributed by atoms with van der Waals surface area (Å²) < 4.78 is 54.8. The van der Waals surface area contributed by atoms with Crippen LogP contribution < -0.4 is 10.1 Å². The highest BCUT2D eigenvalue weighted by Crippen LogP contribution is 2.34. The van der Waals surface area contributed by atoms with Gasteiger partial charge in [0.25, 0.3) is 6.43 Å². The lowest BCUT2D eigenvalue weighted by atomic mass is 9.91. The van der Waals surface area contributed by atoms with E-state index in [0.29, 0.717) is 42.7 Å². The smallest absolute Gasteiger partial charge is 0.258 e. The Bertz CT molecular complexity index is 1530. The van der Waals surface area contributed by atoms with Gasteiger partial charge in [-0.05, 0) is 30.2 Å². The number of hydrogen-bond acceptors (Lipinski definition) is 8. The number of methoxy groups -OCH3 is 1. The van der Waals surface area contributed by atoms with Crippen LogP contribution in [0.3, 0.4) is 0 Å². The average molecular weight is 527 g/mol.